The molecule has 1 heterocycles. The fourth-order valence-corrected chi connectivity index (χ4v) is 1.52. The monoisotopic (exact) mass is 234 g/mol. The summed E-state index contributed by atoms with van der Waals surface area (Å²) >= 11 is 1.24. The highest BCUT2D eigenvalue weighted by Gasteiger charge is 2.12. The average Bonchev–Trinajstić information content (AvgIpc) is 2.29. The van der Waals surface area contributed by atoms with Crippen molar-refractivity contribution in [3.63, 3.8) is 0 Å². The Balaban J connectivity index is 3.01. The third kappa shape index (κ3) is 3.00. The molecule has 0 radical (unpaired) electrons. The number of nitrogens with zero attached hydrogens (tertiary/aromatic N) is 2. The third-order valence-corrected chi connectivity index (χ3v) is 2.37. The van der Waals surface area contributed by atoms with Crippen LogP contribution in [-0.4, -0.2) is 17.1 Å². The molecule has 0 saturated carbocycles. The zero-order valence-electron chi connectivity index (χ0n) is 8.60. The van der Waals surface area contributed by atoms with Crippen LogP contribution in [0.1, 0.15) is 0 Å². The molecule has 5 nitrogen and oxygen atoms in total. The molecule has 0 fully saturated rings. The van der Waals surface area contributed by atoms with E-state index in [1.54, 1.807) is 30.7 Å². The molecule has 0 unspecified atom stereocenters. The molecule has 1 rings (SSSR count). The summed E-state index contributed by atoms with van der Waals surface area (Å²) in [6, 6.07) is 5.31. The molecule has 0 aliphatic carbocycles. The van der Waals surface area contributed by atoms with Crippen LogP contribution < -0.4 is 11.1 Å². The summed E-state index contributed by atoms with van der Waals surface area (Å²) in [4.78, 5) is 18.1. The van der Waals surface area contributed by atoms with E-state index < -0.39 is 5.91 Å². The lowest BCUT2D eigenvalue weighted by Gasteiger charge is -2.08. The van der Waals surface area contributed by atoms with Gasteiger partial charge in [-0.05, 0) is 18.4 Å². The van der Waals surface area contributed by atoms with Crippen molar-refractivity contribution in [2.24, 2.45) is 5.73 Å². The van der Waals surface area contributed by atoms with E-state index in [9.17, 15) is 4.79 Å². The van der Waals surface area contributed by atoms with Crippen LogP contribution in [0.15, 0.2) is 35.1 Å². The van der Waals surface area contributed by atoms with Crippen molar-refractivity contribution in [2.75, 3.05) is 11.6 Å². The maximum Gasteiger partial charge on any atom is 0.278 e. The summed E-state index contributed by atoms with van der Waals surface area (Å²) in [5.74, 6) is -0.183. The van der Waals surface area contributed by atoms with Gasteiger partial charge in [0.05, 0.1) is 11.6 Å². The zero-order chi connectivity index (χ0) is 12.0. The van der Waals surface area contributed by atoms with Crippen molar-refractivity contribution in [3.8, 4) is 0 Å². The highest BCUT2D eigenvalue weighted by molar-refractivity contribution is 8.02. The number of nitrogens with one attached hydrogen (secondary N) is 1. The van der Waals surface area contributed by atoms with E-state index in [1.807, 2.05) is 0 Å². The number of pyridine rings is 1. The molecule has 1 aromatic rings. The minimum absolute atomic E-state index is 0.113. The van der Waals surface area contributed by atoms with E-state index in [-0.39, 0.29) is 5.70 Å². The first-order chi connectivity index (χ1) is 7.69. The van der Waals surface area contributed by atoms with Crippen molar-refractivity contribution in [2.45, 2.75) is 0 Å². The Labute approximate surface area is 97.6 Å². The van der Waals surface area contributed by atoms with Crippen LogP contribution in [0, 0.1) is 6.57 Å². The topological polar surface area (TPSA) is 72.4 Å². The summed E-state index contributed by atoms with van der Waals surface area (Å²) in [7, 11) is 0. The lowest BCUT2D eigenvalue weighted by atomic mass is 10.4. The van der Waals surface area contributed by atoms with Crippen molar-refractivity contribution in [3.05, 3.63) is 46.5 Å². The number of nitrogens with two attached hydrogens (primary N) is 1. The standard InChI is InChI=1S/C10H10N4OS/c1-12-8(9(11)15)10(16-2)14-7-5-3-4-6-13-7/h3-6H,2H3,(H2,11,15)(H,13,14)/b10-8+. The van der Waals surface area contributed by atoms with Gasteiger partial charge in [-0.1, -0.05) is 6.07 Å². The number of primary amides is 1. The lowest BCUT2D eigenvalue weighted by Crippen LogP contribution is -2.15. The number of carbonyl (C=O) groups is 1. The molecule has 82 valence electrons. The Morgan fingerprint density at radius 3 is 2.81 bits per heavy atom. The molecule has 0 aliphatic heterocycles. The Bertz CT molecular complexity index is 450. The number of carbonyl (C=O) groups excluding carboxylic acids is 1. The summed E-state index contributed by atoms with van der Waals surface area (Å²) in [5.41, 5.74) is 4.98. The number of aromatic nitrogens is 1. The van der Waals surface area contributed by atoms with Crippen molar-refractivity contribution >= 4 is 23.5 Å². The van der Waals surface area contributed by atoms with Gasteiger partial charge in [-0.3, -0.25) is 4.79 Å². The van der Waals surface area contributed by atoms with E-state index in [0.717, 1.165) is 0 Å². The number of amides is 1. The second-order valence-corrected chi connectivity index (χ2v) is 3.51. The Kier molecular flexibility index (Phi) is 4.36. The molecule has 6 heteroatoms. The van der Waals surface area contributed by atoms with Gasteiger partial charge in [0.2, 0.25) is 5.91 Å². The normalized spacial score (nSPS) is 11.2. The first-order valence-electron chi connectivity index (χ1n) is 4.32. The first-order valence-corrected chi connectivity index (χ1v) is 5.55. The second kappa shape index (κ2) is 5.78. The van der Waals surface area contributed by atoms with Crippen LogP contribution in [0.4, 0.5) is 5.82 Å². The van der Waals surface area contributed by atoms with Gasteiger partial charge in [0, 0.05) is 6.20 Å². The fraction of sp³-hybridized carbons (Fsp3) is 0.100. The summed E-state index contributed by atoms with van der Waals surface area (Å²) in [6.07, 6.45) is 3.36. The molecule has 0 atom stereocenters. The van der Waals surface area contributed by atoms with Crippen LogP contribution in [0.5, 0.6) is 0 Å². The highest BCUT2D eigenvalue weighted by Crippen LogP contribution is 2.19. The van der Waals surface area contributed by atoms with Crippen LogP contribution in [0.3, 0.4) is 0 Å². The van der Waals surface area contributed by atoms with E-state index in [0.29, 0.717) is 10.8 Å². The van der Waals surface area contributed by atoms with Crippen molar-refractivity contribution < 1.29 is 4.79 Å². The largest absolute Gasteiger partial charge is 0.375 e. The molecule has 1 aromatic heterocycles. The third-order valence-electron chi connectivity index (χ3n) is 1.67. The van der Waals surface area contributed by atoms with Gasteiger partial charge >= 0.3 is 0 Å². The maximum atomic E-state index is 11.0. The number of thioether (sulfide) groups is 1. The number of hydrogen-bond donors (Lipinski definition) is 2. The van der Waals surface area contributed by atoms with Gasteiger partial charge in [0.25, 0.3) is 5.70 Å². The van der Waals surface area contributed by atoms with E-state index in [2.05, 4.69) is 15.1 Å². The molecular weight excluding hydrogens is 224 g/mol. The van der Waals surface area contributed by atoms with Gasteiger partial charge in [0.1, 0.15) is 5.82 Å². The molecule has 16 heavy (non-hydrogen) atoms. The van der Waals surface area contributed by atoms with Crippen LogP contribution in [-0.2, 0) is 4.79 Å². The van der Waals surface area contributed by atoms with Crippen LogP contribution in [0.25, 0.3) is 4.85 Å². The predicted molar refractivity (Wildman–Crippen MR) is 64.2 cm³/mol. The van der Waals surface area contributed by atoms with Gasteiger partial charge in [-0.2, -0.15) is 0 Å². The van der Waals surface area contributed by atoms with E-state index in [4.69, 9.17) is 12.3 Å². The fourth-order valence-electron chi connectivity index (χ4n) is 0.978. The highest BCUT2D eigenvalue weighted by atomic mass is 32.2. The number of anilines is 1. The van der Waals surface area contributed by atoms with Crippen LogP contribution in [0.2, 0.25) is 0 Å². The molecular formula is C10H10N4OS. The molecule has 1 amide bonds. The summed E-state index contributed by atoms with van der Waals surface area (Å²) in [5, 5.41) is 3.28. The second-order valence-electron chi connectivity index (χ2n) is 2.70. The van der Waals surface area contributed by atoms with Gasteiger partial charge in [0.15, 0.2) is 0 Å². The molecule has 0 saturated heterocycles. The summed E-state index contributed by atoms with van der Waals surface area (Å²) in [6.45, 7) is 6.88. The van der Waals surface area contributed by atoms with Gasteiger partial charge < -0.3 is 11.1 Å². The molecule has 0 spiro atoms. The maximum absolute atomic E-state index is 11.0. The quantitative estimate of drug-likeness (QED) is 0.610. The number of rotatable bonds is 4. The predicted octanol–water partition coefficient (Wildman–Crippen LogP) is 1.43. The molecule has 0 bridgehead atoms. The van der Waals surface area contributed by atoms with Crippen molar-refractivity contribution in [1.82, 2.24) is 4.98 Å². The molecule has 0 aromatic carbocycles. The zero-order valence-corrected chi connectivity index (χ0v) is 9.41. The van der Waals surface area contributed by atoms with Gasteiger partial charge in [-0.15, -0.1) is 11.8 Å². The van der Waals surface area contributed by atoms with Crippen LogP contribution >= 0.6 is 11.8 Å². The Morgan fingerprint density at radius 1 is 1.62 bits per heavy atom. The number of hydrogen-bond acceptors (Lipinski definition) is 4. The van der Waals surface area contributed by atoms with E-state index >= 15 is 0 Å². The average molecular weight is 234 g/mol. The SMILES string of the molecule is [C-]#[N+]/C(C(N)=O)=C(\Nc1ccccn1)SC. The minimum atomic E-state index is -0.747. The first kappa shape index (κ1) is 12.1. The van der Waals surface area contributed by atoms with E-state index in [1.165, 1.54) is 11.8 Å². The van der Waals surface area contributed by atoms with Crippen molar-refractivity contribution in [1.29, 1.82) is 0 Å². The Hall–Kier alpha value is -2.00. The molecule has 0 aliphatic rings. The van der Waals surface area contributed by atoms with Gasteiger partial charge in [-0.25, -0.2) is 9.83 Å². The smallest absolute Gasteiger partial charge is 0.278 e. The summed E-state index contributed by atoms with van der Waals surface area (Å²) < 4.78 is 0. The minimum Gasteiger partial charge on any atom is -0.375 e. The molecule has 3 N–H and O–H groups in total. The Morgan fingerprint density at radius 2 is 2.38 bits per heavy atom. The lowest BCUT2D eigenvalue weighted by molar-refractivity contribution is -0.114.